The molecule has 0 spiro atoms. The van der Waals surface area contributed by atoms with Gasteiger partial charge in [0, 0.05) is 24.8 Å². The van der Waals surface area contributed by atoms with E-state index in [-0.39, 0.29) is 11.1 Å². The lowest BCUT2D eigenvalue weighted by Crippen LogP contribution is -2.12. The maximum absolute atomic E-state index is 11.5. The molecule has 0 unspecified atom stereocenters. The molecule has 0 aliphatic carbocycles. The van der Waals surface area contributed by atoms with Crippen molar-refractivity contribution in [1.29, 1.82) is 0 Å². The van der Waals surface area contributed by atoms with Crippen LogP contribution in [0.3, 0.4) is 0 Å². The van der Waals surface area contributed by atoms with Gasteiger partial charge in [-0.05, 0) is 24.3 Å². The Kier molecular flexibility index (Phi) is 3.20. The highest BCUT2D eigenvalue weighted by atomic mass is 16.6. The second kappa shape index (κ2) is 4.98. The molecule has 0 saturated heterocycles. The predicted octanol–water partition coefficient (Wildman–Crippen LogP) is 1.47. The van der Waals surface area contributed by atoms with E-state index in [2.05, 4.69) is 14.7 Å². The number of carbonyl (C=O) groups is 2. The molecule has 0 atom stereocenters. The molecule has 0 aliphatic heterocycles. The highest BCUT2D eigenvalue weighted by Crippen LogP contribution is 2.04. The normalized spacial score (nSPS) is 9.65. The fourth-order valence-electron chi connectivity index (χ4n) is 1.18. The number of nitrogens with zero attached hydrogens (tertiary/aromatic N) is 2. The first-order valence-electron chi connectivity index (χ1n) is 4.84. The van der Waals surface area contributed by atoms with Gasteiger partial charge in [0.2, 0.25) is 0 Å². The van der Waals surface area contributed by atoms with E-state index in [0.29, 0.717) is 0 Å². The van der Waals surface area contributed by atoms with Crippen LogP contribution in [-0.2, 0) is 4.74 Å². The summed E-state index contributed by atoms with van der Waals surface area (Å²) in [5, 5.41) is 0. The largest absolute Gasteiger partial charge is 0.386 e. The van der Waals surface area contributed by atoms with Gasteiger partial charge in [0.05, 0.1) is 11.1 Å². The van der Waals surface area contributed by atoms with Gasteiger partial charge in [-0.1, -0.05) is 0 Å². The van der Waals surface area contributed by atoms with Gasteiger partial charge < -0.3 is 4.74 Å². The number of rotatable bonds is 2. The SMILES string of the molecule is O=C(OC(=O)c1ccncc1)c1ccncc1. The van der Waals surface area contributed by atoms with Crippen LogP contribution in [0.25, 0.3) is 0 Å². The highest BCUT2D eigenvalue weighted by molar-refractivity contribution is 6.02. The van der Waals surface area contributed by atoms with Crippen LogP contribution in [0.1, 0.15) is 20.7 Å². The van der Waals surface area contributed by atoms with Crippen LogP contribution < -0.4 is 0 Å². The minimum absolute atomic E-state index is 0.280. The van der Waals surface area contributed by atoms with Gasteiger partial charge in [0.25, 0.3) is 0 Å². The van der Waals surface area contributed by atoms with Gasteiger partial charge >= 0.3 is 11.9 Å². The molecule has 2 heterocycles. The molecule has 0 saturated carbocycles. The number of ether oxygens (including phenoxy) is 1. The Balaban J connectivity index is 2.08. The minimum Gasteiger partial charge on any atom is -0.386 e. The fourth-order valence-corrected chi connectivity index (χ4v) is 1.18. The summed E-state index contributed by atoms with van der Waals surface area (Å²) in [5.41, 5.74) is 0.560. The quantitative estimate of drug-likeness (QED) is 0.575. The van der Waals surface area contributed by atoms with E-state index in [4.69, 9.17) is 0 Å². The predicted molar refractivity (Wildman–Crippen MR) is 58.2 cm³/mol. The van der Waals surface area contributed by atoms with E-state index in [1.165, 1.54) is 49.1 Å². The van der Waals surface area contributed by atoms with Crippen LogP contribution in [0.5, 0.6) is 0 Å². The smallest absolute Gasteiger partial charge is 0.346 e. The third kappa shape index (κ3) is 2.72. The summed E-state index contributed by atoms with van der Waals surface area (Å²) in [6, 6.07) is 5.90. The zero-order valence-electron chi connectivity index (χ0n) is 8.74. The summed E-state index contributed by atoms with van der Waals surface area (Å²) in [5.74, 6) is -1.40. The van der Waals surface area contributed by atoms with E-state index < -0.39 is 11.9 Å². The molecule has 0 N–H and O–H groups in total. The van der Waals surface area contributed by atoms with Crippen LogP contribution >= 0.6 is 0 Å². The summed E-state index contributed by atoms with van der Waals surface area (Å²) in [7, 11) is 0. The van der Waals surface area contributed by atoms with Crippen LogP contribution in [0, 0.1) is 0 Å². The molecule has 5 heteroatoms. The lowest BCUT2D eigenvalue weighted by atomic mass is 10.2. The maximum Gasteiger partial charge on any atom is 0.346 e. The molecule has 0 aliphatic rings. The van der Waals surface area contributed by atoms with Crippen molar-refractivity contribution >= 4 is 11.9 Å². The number of pyridine rings is 2. The number of hydrogen-bond acceptors (Lipinski definition) is 5. The molecular weight excluding hydrogens is 220 g/mol. The van der Waals surface area contributed by atoms with E-state index in [1.54, 1.807) is 0 Å². The third-order valence-electron chi connectivity index (χ3n) is 2.02. The van der Waals surface area contributed by atoms with Gasteiger partial charge in [-0.3, -0.25) is 9.97 Å². The second-order valence-electron chi connectivity index (χ2n) is 3.15. The van der Waals surface area contributed by atoms with Gasteiger partial charge in [-0.25, -0.2) is 9.59 Å². The Morgan fingerprint density at radius 2 is 1.12 bits per heavy atom. The molecular formula is C12H8N2O3. The fraction of sp³-hybridized carbons (Fsp3) is 0. The van der Waals surface area contributed by atoms with Crippen molar-refractivity contribution in [2.45, 2.75) is 0 Å². The molecule has 0 fully saturated rings. The molecule has 0 amide bonds. The lowest BCUT2D eigenvalue weighted by Gasteiger charge is -2.02. The molecule has 0 radical (unpaired) electrons. The van der Waals surface area contributed by atoms with E-state index >= 15 is 0 Å². The molecule has 84 valence electrons. The molecule has 2 aromatic rings. The van der Waals surface area contributed by atoms with Crippen molar-refractivity contribution in [3.8, 4) is 0 Å². The van der Waals surface area contributed by atoms with Gasteiger partial charge in [-0.2, -0.15) is 0 Å². The Labute approximate surface area is 97.1 Å². The third-order valence-corrected chi connectivity index (χ3v) is 2.02. The first kappa shape index (κ1) is 10.9. The standard InChI is InChI=1S/C12H8N2O3/c15-11(9-1-5-13-6-2-9)17-12(16)10-3-7-14-8-4-10/h1-8H. The minimum atomic E-state index is -0.700. The summed E-state index contributed by atoms with van der Waals surface area (Å²) in [6.07, 6.45) is 5.81. The Bertz CT molecular complexity index is 476. The van der Waals surface area contributed by atoms with Crippen LogP contribution in [0.15, 0.2) is 49.1 Å². The number of hydrogen-bond donors (Lipinski definition) is 0. The Morgan fingerprint density at radius 1 is 0.765 bits per heavy atom. The van der Waals surface area contributed by atoms with Gasteiger partial charge in [0.1, 0.15) is 0 Å². The number of aromatic nitrogens is 2. The molecule has 0 aromatic carbocycles. The topological polar surface area (TPSA) is 69.2 Å². The zero-order valence-corrected chi connectivity index (χ0v) is 8.74. The molecule has 5 nitrogen and oxygen atoms in total. The number of esters is 2. The zero-order chi connectivity index (χ0) is 12.1. The van der Waals surface area contributed by atoms with E-state index in [9.17, 15) is 9.59 Å². The Hall–Kier alpha value is -2.56. The summed E-state index contributed by atoms with van der Waals surface area (Å²) >= 11 is 0. The highest BCUT2D eigenvalue weighted by Gasteiger charge is 2.14. The van der Waals surface area contributed by atoms with E-state index in [1.807, 2.05) is 0 Å². The van der Waals surface area contributed by atoms with Crippen LogP contribution in [0.4, 0.5) is 0 Å². The molecule has 17 heavy (non-hydrogen) atoms. The van der Waals surface area contributed by atoms with Crippen molar-refractivity contribution in [2.24, 2.45) is 0 Å². The van der Waals surface area contributed by atoms with Crippen molar-refractivity contribution in [3.05, 3.63) is 60.2 Å². The monoisotopic (exact) mass is 228 g/mol. The van der Waals surface area contributed by atoms with Crippen molar-refractivity contribution < 1.29 is 14.3 Å². The average molecular weight is 228 g/mol. The summed E-state index contributed by atoms with van der Waals surface area (Å²) in [4.78, 5) is 30.6. The van der Waals surface area contributed by atoms with Crippen molar-refractivity contribution in [1.82, 2.24) is 9.97 Å². The summed E-state index contributed by atoms with van der Waals surface area (Å²) in [6.45, 7) is 0. The molecule has 2 rings (SSSR count). The maximum atomic E-state index is 11.5. The van der Waals surface area contributed by atoms with Crippen LogP contribution in [0.2, 0.25) is 0 Å². The first-order chi connectivity index (χ1) is 8.27. The Morgan fingerprint density at radius 3 is 1.47 bits per heavy atom. The molecule has 0 bridgehead atoms. The van der Waals surface area contributed by atoms with Crippen molar-refractivity contribution in [2.75, 3.05) is 0 Å². The number of carbonyl (C=O) groups excluding carboxylic acids is 2. The van der Waals surface area contributed by atoms with E-state index in [0.717, 1.165) is 0 Å². The average Bonchev–Trinajstić information content (AvgIpc) is 2.40. The lowest BCUT2D eigenvalue weighted by molar-refractivity contribution is 0.0397. The van der Waals surface area contributed by atoms with Crippen molar-refractivity contribution in [3.63, 3.8) is 0 Å². The molecule has 2 aromatic heterocycles. The summed E-state index contributed by atoms with van der Waals surface area (Å²) < 4.78 is 4.69. The first-order valence-corrected chi connectivity index (χ1v) is 4.84. The van der Waals surface area contributed by atoms with Gasteiger partial charge in [0.15, 0.2) is 0 Å². The second-order valence-corrected chi connectivity index (χ2v) is 3.15. The van der Waals surface area contributed by atoms with Gasteiger partial charge in [-0.15, -0.1) is 0 Å². The van der Waals surface area contributed by atoms with Crippen LogP contribution in [-0.4, -0.2) is 21.9 Å².